The molecule has 3 nitrogen and oxygen atoms in total. The summed E-state index contributed by atoms with van der Waals surface area (Å²) in [4.78, 5) is 0. The van der Waals surface area contributed by atoms with Gasteiger partial charge in [-0.25, -0.2) is 0 Å². The minimum atomic E-state index is 0.125. The van der Waals surface area contributed by atoms with Gasteiger partial charge in [-0.2, -0.15) is 5.10 Å². The van der Waals surface area contributed by atoms with E-state index in [1.165, 1.54) is 22.4 Å². The van der Waals surface area contributed by atoms with Crippen molar-refractivity contribution >= 4 is 0 Å². The molecule has 0 spiro atoms. The van der Waals surface area contributed by atoms with Gasteiger partial charge in [-0.05, 0) is 30.2 Å². The van der Waals surface area contributed by atoms with Crippen molar-refractivity contribution in [3.8, 4) is 11.3 Å². The fraction of sp³-hybridized carbons (Fsp3) is 0.500. The summed E-state index contributed by atoms with van der Waals surface area (Å²) in [5.41, 5.74) is 12.7. The third-order valence-corrected chi connectivity index (χ3v) is 4.53. The summed E-state index contributed by atoms with van der Waals surface area (Å²) < 4.78 is 2.02. The molecule has 1 heterocycles. The van der Waals surface area contributed by atoms with E-state index >= 15 is 0 Å². The first-order chi connectivity index (χ1) is 9.88. The van der Waals surface area contributed by atoms with Crippen LogP contribution in [0, 0.1) is 0 Å². The van der Waals surface area contributed by atoms with Crippen LogP contribution in [0.5, 0.6) is 0 Å². The second-order valence-electron chi connectivity index (χ2n) is 7.16. The van der Waals surface area contributed by atoms with Crippen molar-refractivity contribution in [2.24, 2.45) is 12.8 Å². The Bertz CT molecular complexity index is 644. The normalized spacial score (nSPS) is 18.6. The molecule has 0 radical (unpaired) electrons. The van der Waals surface area contributed by atoms with Crippen molar-refractivity contribution in [3.05, 3.63) is 41.1 Å². The summed E-state index contributed by atoms with van der Waals surface area (Å²) in [6.45, 7) is 6.71. The van der Waals surface area contributed by atoms with E-state index in [2.05, 4.69) is 45.0 Å². The molecule has 1 atom stereocenters. The summed E-state index contributed by atoms with van der Waals surface area (Å²) in [6, 6.07) is 8.92. The molecule has 0 amide bonds. The van der Waals surface area contributed by atoms with E-state index in [1.807, 2.05) is 11.7 Å². The summed E-state index contributed by atoms with van der Waals surface area (Å²) in [5.74, 6) is 0. The van der Waals surface area contributed by atoms with Gasteiger partial charge in [0.1, 0.15) is 0 Å². The highest BCUT2D eigenvalue weighted by atomic mass is 15.3. The zero-order valence-electron chi connectivity index (χ0n) is 13.5. The number of benzene rings is 1. The minimum Gasteiger partial charge on any atom is -0.324 e. The lowest BCUT2D eigenvalue weighted by molar-refractivity contribution is 0.548. The van der Waals surface area contributed by atoms with Gasteiger partial charge < -0.3 is 5.73 Å². The molecule has 21 heavy (non-hydrogen) atoms. The topological polar surface area (TPSA) is 43.8 Å². The van der Waals surface area contributed by atoms with Crippen LogP contribution < -0.4 is 5.73 Å². The number of aromatic nitrogens is 2. The van der Waals surface area contributed by atoms with Gasteiger partial charge in [-0.3, -0.25) is 4.68 Å². The third-order valence-electron chi connectivity index (χ3n) is 4.53. The maximum Gasteiger partial charge on any atom is 0.0973 e. The molecule has 2 aromatic rings. The first-order valence-corrected chi connectivity index (χ1v) is 7.80. The number of aryl methyl sites for hydroxylation is 1. The Morgan fingerprint density at radius 2 is 1.86 bits per heavy atom. The first-order valence-electron chi connectivity index (χ1n) is 7.80. The molecule has 1 aromatic carbocycles. The molecule has 1 aromatic heterocycles. The molecule has 2 N–H and O–H groups in total. The highest BCUT2D eigenvalue weighted by Gasteiger charge is 2.26. The van der Waals surface area contributed by atoms with Crippen LogP contribution in [0.2, 0.25) is 0 Å². The smallest absolute Gasteiger partial charge is 0.0973 e. The molecule has 1 aliphatic rings. The van der Waals surface area contributed by atoms with E-state index in [9.17, 15) is 0 Å². The quantitative estimate of drug-likeness (QED) is 0.867. The van der Waals surface area contributed by atoms with E-state index in [0.29, 0.717) is 0 Å². The third kappa shape index (κ3) is 2.51. The zero-order chi connectivity index (χ0) is 15.2. The molecule has 1 aliphatic carbocycles. The summed E-state index contributed by atoms with van der Waals surface area (Å²) in [7, 11) is 2.03. The van der Waals surface area contributed by atoms with Crippen molar-refractivity contribution in [2.45, 2.75) is 51.5 Å². The Kier molecular flexibility index (Phi) is 3.40. The highest BCUT2D eigenvalue weighted by Crippen LogP contribution is 2.36. The Hall–Kier alpha value is -1.61. The fourth-order valence-electron chi connectivity index (χ4n) is 3.24. The maximum absolute atomic E-state index is 6.34. The number of fused-ring (bicyclic) bond motifs is 1. The van der Waals surface area contributed by atoms with Gasteiger partial charge >= 0.3 is 0 Å². The zero-order valence-corrected chi connectivity index (χ0v) is 13.5. The van der Waals surface area contributed by atoms with Gasteiger partial charge in [-0.1, -0.05) is 45.0 Å². The second-order valence-corrected chi connectivity index (χ2v) is 7.16. The molecule has 0 aliphatic heterocycles. The largest absolute Gasteiger partial charge is 0.324 e. The Morgan fingerprint density at radius 1 is 1.19 bits per heavy atom. The lowest BCUT2D eigenvalue weighted by atomic mass is 9.85. The monoisotopic (exact) mass is 283 g/mol. The molecule has 3 rings (SSSR count). The standard InChI is InChI=1S/C18H25N3/c1-18(2,3)13-10-8-12(9-11-13)17-16-14(19)6-5-7-15(16)21(4)20-17/h8-11,14H,5-7,19H2,1-4H3. The second kappa shape index (κ2) is 4.99. The molecule has 0 fully saturated rings. The van der Waals surface area contributed by atoms with Crippen LogP contribution in [0.25, 0.3) is 11.3 Å². The van der Waals surface area contributed by atoms with Gasteiger partial charge in [0.15, 0.2) is 0 Å². The predicted molar refractivity (Wildman–Crippen MR) is 87.2 cm³/mol. The van der Waals surface area contributed by atoms with Gasteiger partial charge in [0.25, 0.3) is 0 Å². The number of nitrogens with two attached hydrogens (primary N) is 1. The molecule has 0 saturated carbocycles. The van der Waals surface area contributed by atoms with Crippen molar-refractivity contribution in [1.82, 2.24) is 9.78 Å². The molecule has 1 unspecified atom stereocenters. The van der Waals surface area contributed by atoms with Gasteiger partial charge in [0.05, 0.1) is 5.69 Å². The van der Waals surface area contributed by atoms with Gasteiger partial charge in [0, 0.05) is 29.9 Å². The van der Waals surface area contributed by atoms with Crippen molar-refractivity contribution in [2.75, 3.05) is 0 Å². The Labute approximate surface area is 127 Å². The minimum absolute atomic E-state index is 0.125. The summed E-state index contributed by atoms with van der Waals surface area (Å²) in [5, 5.41) is 4.74. The first kappa shape index (κ1) is 14.3. The van der Waals surface area contributed by atoms with Gasteiger partial charge in [-0.15, -0.1) is 0 Å². The predicted octanol–water partition coefficient (Wildman–Crippen LogP) is 3.72. The number of hydrogen-bond acceptors (Lipinski definition) is 2. The van der Waals surface area contributed by atoms with Crippen LogP contribution in [-0.4, -0.2) is 9.78 Å². The fourth-order valence-corrected chi connectivity index (χ4v) is 3.24. The van der Waals surface area contributed by atoms with Crippen LogP contribution >= 0.6 is 0 Å². The van der Waals surface area contributed by atoms with E-state index in [-0.39, 0.29) is 11.5 Å². The molecular formula is C18H25N3. The van der Waals surface area contributed by atoms with Crippen LogP contribution in [0.1, 0.15) is 56.5 Å². The highest BCUT2D eigenvalue weighted by molar-refractivity contribution is 5.66. The van der Waals surface area contributed by atoms with Crippen LogP contribution in [0.3, 0.4) is 0 Å². The number of rotatable bonds is 1. The number of hydrogen-bond donors (Lipinski definition) is 1. The van der Waals surface area contributed by atoms with Gasteiger partial charge in [0.2, 0.25) is 0 Å². The number of nitrogens with zero attached hydrogens (tertiary/aromatic N) is 2. The molecule has 3 heteroatoms. The van der Waals surface area contributed by atoms with Crippen LogP contribution in [0.15, 0.2) is 24.3 Å². The van der Waals surface area contributed by atoms with Crippen LogP contribution in [-0.2, 0) is 18.9 Å². The van der Waals surface area contributed by atoms with E-state index in [4.69, 9.17) is 10.8 Å². The summed E-state index contributed by atoms with van der Waals surface area (Å²) >= 11 is 0. The van der Waals surface area contributed by atoms with E-state index in [0.717, 1.165) is 25.0 Å². The molecular weight excluding hydrogens is 258 g/mol. The maximum atomic E-state index is 6.34. The SMILES string of the molecule is Cn1nc(-c2ccc(C(C)(C)C)cc2)c2c1CCCC2N. The average molecular weight is 283 g/mol. The average Bonchev–Trinajstić information content (AvgIpc) is 2.77. The Balaban J connectivity index is 2.05. The Morgan fingerprint density at radius 3 is 2.48 bits per heavy atom. The lowest BCUT2D eigenvalue weighted by Crippen LogP contribution is -2.18. The van der Waals surface area contributed by atoms with Crippen molar-refractivity contribution in [3.63, 3.8) is 0 Å². The molecule has 112 valence electrons. The van der Waals surface area contributed by atoms with E-state index in [1.54, 1.807) is 0 Å². The van der Waals surface area contributed by atoms with Crippen LogP contribution in [0.4, 0.5) is 0 Å². The van der Waals surface area contributed by atoms with Crippen molar-refractivity contribution < 1.29 is 0 Å². The molecule has 0 saturated heterocycles. The van der Waals surface area contributed by atoms with Crippen molar-refractivity contribution in [1.29, 1.82) is 0 Å². The van der Waals surface area contributed by atoms with E-state index < -0.39 is 0 Å². The molecule has 0 bridgehead atoms. The summed E-state index contributed by atoms with van der Waals surface area (Å²) in [6.07, 6.45) is 3.31. The lowest BCUT2D eigenvalue weighted by Gasteiger charge is -2.21.